The summed E-state index contributed by atoms with van der Waals surface area (Å²) in [6.45, 7) is 1.30. The van der Waals surface area contributed by atoms with E-state index in [1.54, 1.807) is 0 Å². The average Bonchev–Trinajstić information content (AvgIpc) is 2.87. The predicted molar refractivity (Wildman–Crippen MR) is 139 cm³/mol. The Bertz CT molecular complexity index is 1080. The van der Waals surface area contributed by atoms with Crippen molar-refractivity contribution in [1.29, 1.82) is 0 Å². The number of carbonyl (C=O) groups excluding carboxylic acids is 1. The van der Waals surface area contributed by atoms with Gasteiger partial charge in [-0.15, -0.1) is 0 Å². The first-order valence-corrected chi connectivity index (χ1v) is 12.7. The van der Waals surface area contributed by atoms with Crippen molar-refractivity contribution < 1.29 is 18.3 Å². The van der Waals surface area contributed by atoms with Crippen LogP contribution in [0.5, 0.6) is 0 Å². The Morgan fingerprint density at radius 2 is 1.75 bits per heavy atom. The van der Waals surface area contributed by atoms with E-state index < -0.39 is 17.3 Å². The molecule has 2 aliphatic rings. The molecule has 1 amide bonds. The van der Waals surface area contributed by atoms with E-state index in [1.165, 1.54) is 6.20 Å². The molecule has 0 spiro atoms. The van der Waals surface area contributed by atoms with Gasteiger partial charge in [-0.1, -0.05) is 30.9 Å². The molecule has 1 aromatic heterocycles. The van der Waals surface area contributed by atoms with E-state index in [1.807, 2.05) is 0 Å². The van der Waals surface area contributed by atoms with Crippen LogP contribution in [0.2, 0.25) is 5.02 Å². The number of rotatable bonds is 7. The van der Waals surface area contributed by atoms with E-state index >= 15 is 0 Å². The Morgan fingerprint density at radius 1 is 1.06 bits per heavy atom. The molecular weight excluding hydrogens is 512 g/mol. The SMILES string of the molecule is O=C(NNc1nc(NC2CCOCC2)ncc1NC(=S)Nc1c(F)cc(Cl)cc1F)C1CCCCC1. The summed E-state index contributed by atoms with van der Waals surface area (Å²) < 4.78 is 33.7. The van der Waals surface area contributed by atoms with E-state index in [2.05, 4.69) is 36.8 Å². The van der Waals surface area contributed by atoms with Crippen molar-refractivity contribution in [3.05, 3.63) is 35.0 Å². The first kappa shape index (κ1) is 26.2. The number of hydrazine groups is 1. The number of thiocarbonyl (C=S) groups is 1. The van der Waals surface area contributed by atoms with E-state index in [9.17, 15) is 13.6 Å². The average molecular weight is 540 g/mol. The first-order chi connectivity index (χ1) is 17.4. The number of amides is 1. The molecule has 4 rings (SSSR count). The number of nitrogens with zero attached hydrogens (tertiary/aromatic N) is 2. The molecule has 0 bridgehead atoms. The summed E-state index contributed by atoms with van der Waals surface area (Å²) in [5.74, 6) is -1.38. The van der Waals surface area contributed by atoms with Crippen LogP contribution in [0, 0.1) is 17.6 Å². The monoisotopic (exact) mass is 539 g/mol. The third-order valence-corrected chi connectivity index (χ3v) is 6.54. The van der Waals surface area contributed by atoms with E-state index in [4.69, 9.17) is 28.6 Å². The van der Waals surface area contributed by atoms with Gasteiger partial charge in [-0.05, 0) is 50.0 Å². The van der Waals surface area contributed by atoms with Crippen LogP contribution in [-0.4, -0.2) is 40.2 Å². The maximum atomic E-state index is 14.2. The number of benzene rings is 1. The Balaban J connectivity index is 1.48. The molecule has 13 heteroatoms. The zero-order valence-electron chi connectivity index (χ0n) is 19.5. The van der Waals surface area contributed by atoms with E-state index in [-0.39, 0.29) is 33.8 Å². The second kappa shape index (κ2) is 12.4. The van der Waals surface area contributed by atoms with Gasteiger partial charge in [-0.3, -0.25) is 15.6 Å². The molecule has 1 aliphatic heterocycles. The van der Waals surface area contributed by atoms with Crippen LogP contribution in [-0.2, 0) is 9.53 Å². The highest BCUT2D eigenvalue weighted by atomic mass is 35.5. The fourth-order valence-corrected chi connectivity index (χ4v) is 4.58. The summed E-state index contributed by atoms with van der Waals surface area (Å²) in [6.07, 6.45) is 7.96. The summed E-state index contributed by atoms with van der Waals surface area (Å²) in [5.41, 5.74) is 5.43. The molecule has 0 radical (unpaired) electrons. The first-order valence-electron chi connectivity index (χ1n) is 11.9. The molecule has 5 N–H and O–H groups in total. The lowest BCUT2D eigenvalue weighted by molar-refractivity contribution is -0.125. The van der Waals surface area contributed by atoms with E-state index in [0.717, 1.165) is 57.1 Å². The Morgan fingerprint density at radius 3 is 2.44 bits per heavy atom. The van der Waals surface area contributed by atoms with Gasteiger partial charge in [-0.2, -0.15) is 4.98 Å². The maximum Gasteiger partial charge on any atom is 0.241 e. The normalized spacial score (nSPS) is 16.8. The topological polar surface area (TPSA) is 112 Å². The second-order valence-corrected chi connectivity index (χ2v) is 9.60. The number of nitrogens with one attached hydrogen (secondary N) is 5. The molecule has 2 heterocycles. The third-order valence-electron chi connectivity index (χ3n) is 6.12. The van der Waals surface area contributed by atoms with Gasteiger partial charge in [-0.25, -0.2) is 13.8 Å². The van der Waals surface area contributed by atoms with Gasteiger partial charge in [0.05, 0.1) is 6.20 Å². The standard InChI is InChI=1S/C23H28ClF2N7O2S/c24-14-10-16(25)19(17(26)11-14)30-23(36)29-18-12-27-22(28-15-6-8-35-9-7-15)31-20(18)32-33-21(34)13-4-2-1-3-5-13/h10-13,15H,1-9H2,(H,33,34)(H2,29,30,36)(H2,27,28,31,32). The van der Waals surface area contributed by atoms with Gasteiger partial charge >= 0.3 is 0 Å². The Hall–Kier alpha value is -2.83. The van der Waals surface area contributed by atoms with Crippen molar-refractivity contribution in [3.8, 4) is 0 Å². The zero-order valence-corrected chi connectivity index (χ0v) is 21.1. The van der Waals surface area contributed by atoms with Crippen molar-refractivity contribution >= 4 is 58.0 Å². The van der Waals surface area contributed by atoms with Gasteiger partial charge in [0.25, 0.3) is 0 Å². The van der Waals surface area contributed by atoms with Gasteiger partial charge in [0.2, 0.25) is 11.9 Å². The highest BCUT2D eigenvalue weighted by molar-refractivity contribution is 7.80. The number of anilines is 4. The Kier molecular flexibility index (Phi) is 9.05. The quantitative estimate of drug-likeness (QED) is 0.249. The van der Waals surface area contributed by atoms with Crippen molar-refractivity contribution in [2.24, 2.45) is 5.92 Å². The van der Waals surface area contributed by atoms with Gasteiger partial charge in [0.1, 0.15) is 11.4 Å². The highest BCUT2D eigenvalue weighted by Gasteiger charge is 2.22. The minimum absolute atomic E-state index is 0.0667. The molecule has 36 heavy (non-hydrogen) atoms. The molecule has 1 aliphatic carbocycles. The number of hydrogen-bond acceptors (Lipinski definition) is 7. The maximum absolute atomic E-state index is 14.2. The van der Waals surface area contributed by atoms with Gasteiger partial charge in [0.15, 0.2) is 22.6 Å². The zero-order chi connectivity index (χ0) is 25.5. The summed E-state index contributed by atoms with van der Waals surface area (Å²) >= 11 is 10.9. The molecule has 9 nitrogen and oxygen atoms in total. The lowest BCUT2D eigenvalue weighted by Gasteiger charge is -2.24. The number of carbonyl (C=O) groups is 1. The van der Waals surface area contributed by atoms with Crippen LogP contribution in [0.1, 0.15) is 44.9 Å². The summed E-state index contributed by atoms with van der Waals surface area (Å²) in [7, 11) is 0. The van der Waals surface area contributed by atoms with Gasteiger partial charge < -0.3 is 20.7 Å². The van der Waals surface area contributed by atoms with Crippen molar-refractivity contribution in [3.63, 3.8) is 0 Å². The molecule has 2 fully saturated rings. The van der Waals surface area contributed by atoms with Crippen molar-refractivity contribution in [1.82, 2.24) is 15.4 Å². The molecular formula is C23H28ClF2N7O2S. The summed E-state index contributed by atoms with van der Waals surface area (Å²) in [6, 6.07) is 2.10. The molecule has 0 unspecified atom stereocenters. The van der Waals surface area contributed by atoms with Crippen molar-refractivity contribution in [2.75, 3.05) is 34.6 Å². The van der Waals surface area contributed by atoms with Crippen LogP contribution in [0.3, 0.4) is 0 Å². The van der Waals surface area contributed by atoms with Crippen LogP contribution in [0.15, 0.2) is 18.3 Å². The lowest BCUT2D eigenvalue weighted by Crippen LogP contribution is -2.37. The Labute approximate surface area is 218 Å². The molecule has 1 saturated carbocycles. The number of ether oxygens (including phenoxy) is 1. The smallest absolute Gasteiger partial charge is 0.241 e. The third kappa shape index (κ3) is 7.11. The molecule has 1 aromatic carbocycles. The molecule has 2 aromatic rings. The minimum Gasteiger partial charge on any atom is -0.381 e. The summed E-state index contributed by atoms with van der Waals surface area (Å²) in [5, 5.41) is 8.41. The van der Waals surface area contributed by atoms with Gasteiger partial charge in [0, 0.05) is 30.2 Å². The molecule has 1 saturated heterocycles. The molecule has 0 atom stereocenters. The largest absolute Gasteiger partial charge is 0.381 e. The predicted octanol–water partition coefficient (Wildman–Crippen LogP) is 4.83. The summed E-state index contributed by atoms with van der Waals surface area (Å²) in [4.78, 5) is 21.5. The number of aromatic nitrogens is 2. The fraction of sp³-hybridized carbons (Fsp3) is 0.478. The minimum atomic E-state index is -0.894. The number of halogens is 3. The molecule has 194 valence electrons. The lowest BCUT2D eigenvalue weighted by atomic mass is 9.89. The number of hydrogen-bond donors (Lipinski definition) is 5. The highest BCUT2D eigenvalue weighted by Crippen LogP contribution is 2.26. The fourth-order valence-electron chi connectivity index (χ4n) is 4.18. The van der Waals surface area contributed by atoms with Crippen LogP contribution in [0.4, 0.5) is 31.9 Å². The van der Waals surface area contributed by atoms with Crippen LogP contribution >= 0.6 is 23.8 Å². The van der Waals surface area contributed by atoms with Crippen molar-refractivity contribution in [2.45, 2.75) is 51.0 Å². The second-order valence-electron chi connectivity index (χ2n) is 8.76. The van der Waals surface area contributed by atoms with Crippen LogP contribution in [0.25, 0.3) is 0 Å². The van der Waals surface area contributed by atoms with Crippen LogP contribution < -0.4 is 26.8 Å². The van der Waals surface area contributed by atoms with E-state index in [0.29, 0.717) is 24.8 Å².